The third-order valence-electron chi connectivity index (χ3n) is 2.54. The molecule has 16 heavy (non-hydrogen) atoms. The zero-order chi connectivity index (χ0) is 11.4. The lowest BCUT2D eigenvalue weighted by atomic mass is 10.1. The first-order chi connectivity index (χ1) is 7.77. The molecule has 0 aliphatic heterocycles. The molecule has 0 saturated carbocycles. The van der Waals surface area contributed by atoms with Crippen LogP contribution >= 0.6 is 0 Å². The number of hydrogen-bond donors (Lipinski definition) is 1. The summed E-state index contributed by atoms with van der Waals surface area (Å²) in [6.45, 7) is 0. The Bertz CT molecular complexity index is 440. The van der Waals surface area contributed by atoms with Crippen molar-refractivity contribution in [3.63, 3.8) is 0 Å². The van der Waals surface area contributed by atoms with E-state index in [0.29, 0.717) is 12.1 Å². The molecule has 2 rings (SSSR count). The van der Waals surface area contributed by atoms with E-state index < -0.39 is 6.10 Å². The van der Waals surface area contributed by atoms with Gasteiger partial charge in [0.05, 0.1) is 11.8 Å². The van der Waals surface area contributed by atoms with E-state index in [2.05, 4.69) is 15.1 Å². The minimum atomic E-state index is -0.544. The first-order valence-electron chi connectivity index (χ1n) is 5.18. The Hall–Kier alpha value is -1.75. The Morgan fingerprint density at radius 3 is 2.88 bits per heavy atom. The van der Waals surface area contributed by atoms with E-state index in [1.807, 2.05) is 17.8 Å². The minimum Gasteiger partial charge on any atom is -0.387 e. The summed E-state index contributed by atoms with van der Waals surface area (Å²) in [6.07, 6.45) is 5.71. The predicted molar refractivity (Wildman–Crippen MR) is 58.5 cm³/mol. The van der Waals surface area contributed by atoms with Crippen molar-refractivity contribution < 1.29 is 5.11 Å². The quantitative estimate of drug-likeness (QED) is 0.827. The summed E-state index contributed by atoms with van der Waals surface area (Å²) < 4.78 is 1.81. The number of hydrogen-bond acceptors (Lipinski definition) is 4. The normalized spacial score (nSPS) is 12.6. The Balaban J connectivity index is 1.94. The number of nitrogens with zero attached hydrogens (tertiary/aromatic N) is 4. The molecular formula is C11H14N4O. The standard InChI is InChI=1S/C11H14N4O/c1-15-9(4-7-14-15)2-3-11(16)10-5-6-12-8-13-10/h4-8,11,16H,2-3H2,1H3. The smallest absolute Gasteiger partial charge is 0.115 e. The molecule has 2 aromatic rings. The first-order valence-corrected chi connectivity index (χ1v) is 5.18. The highest BCUT2D eigenvalue weighted by molar-refractivity contribution is 5.05. The summed E-state index contributed by atoms with van der Waals surface area (Å²) in [5, 5.41) is 14.0. The molecule has 5 heteroatoms. The summed E-state index contributed by atoms with van der Waals surface area (Å²) >= 11 is 0. The highest BCUT2D eigenvalue weighted by Crippen LogP contribution is 2.15. The lowest BCUT2D eigenvalue weighted by Crippen LogP contribution is -2.05. The van der Waals surface area contributed by atoms with E-state index >= 15 is 0 Å². The second-order valence-corrected chi connectivity index (χ2v) is 3.63. The topological polar surface area (TPSA) is 63.8 Å². The number of aliphatic hydroxyl groups excluding tert-OH is 1. The SMILES string of the molecule is Cn1nccc1CCC(O)c1ccncn1. The van der Waals surface area contributed by atoms with Gasteiger partial charge in [0, 0.05) is 25.1 Å². The zero-order valence-electron chi connectivity index (χ0n) is 9.11. The molecule has 0 spiro atoms. The van der Waals surface area contributed by atoms with Gasteiger partial charge in [-0.05, 0) is 25.0 Å². The van der Waals surface area contributed by atoms with Crippen LogP contribution in [0.5, 0.6) is 0 Å². The highest BCUT2D eigenvalue weighted by Gasteiger charge is 2.09. The van der Waals surface area contributed by atoms with Gasteiger partial charge in [-0.15, -0.1) is 0 Å². The van der Waals surface area contributed by atoms with Crippen molar-refractivity contribution in [1.82, 2.24) is 19.7 Å². The van der Waals surface area contributed by atoms with Gasteiger partial charge in [0.2, 0.25) is 0 Å². The molecule has 1 N–H and O–H groups in total. The Kier molecular flexibility index (Phi) is 3.26. The zero-order valence-corrected chi connectivity index (χ0v) is 9.11. The van der Waals surface area contributed by atoms with Crippen LogP contribution in [-0.4, -0.2) is 24.9 Å². The molecule has 0 bridgehead atoms. The van der Waals surface area contributed by atoms with Crippen molar-refractivity contribution in [1.29, 1.82) is 0 Å². The van der Waals surface area contributed by atoms with Crippen molar-refractivity contribution in [3.05, 3.63) is 42.2 Å². The number of aromatic nitrogens is 4. The summed E-state index contributed by atoms with van der Waals surface area (Å²) in [5.74, 6) is 0. The fraction of sp³-hybridized carbons (Fsp3) is 0.364. The monoisotopic (exact) mass is 218 g/mol. The fourth-order valence-electron chi connectivity index (χ4n) is 1.58. The van der Waals surface area contributed by atoms with E-state index in [0.717, 1.165) is 12.1 Å². The number of aliphatic hydroxyl groups is 1. The molecule has 0 fully saturated rings. The highest BCUT2D eigenvalue weighted by atomic mass is 16.3. The predicted octanol–water partition coefficient (Wildman–Crippen LogP) is 0.876. The van der Waals surface area contributed by atoms with Crippen LogP contribution in [0.2, 0.25) is 0 Å². The van der Waals surface area contributed by atoms with Gasteiger partial charge >= 0.3 is 0 Å². The Morgan fingerprint density at radius 2 is 2.25 bits per heavy atom. The van der Waals surface area contributed by atoms with Crippen LogP contribution in [0.15, 0.2) is 30.9 Å². The molecule has 2 aromatic heterocycles. The van der Waals surface area contributed by atoms with Gasteiger partial charge in [-0.3, -0.25) is 4.68 Å². The van der Waals surface area contributed by atoms with Crippen molar-refractivity contribution in [2.45, 2.75) is 18.9 Å². The summed E-state index contributed by atoms with van der Waals surface area (Å²) in [6, 6.07) is 3.68. The van der Waals surface area contributed by atoms with Crippen molar-refractivity contribution >= 4 is 0 Å². The molecule has 0 aromatic carbocycles. The van der Waals surface area contributed by atoms with Crippen molar-refractivity contribution in [2.75, 3.05) is 0 Å². The van der Waals surface area contributed by atoms with E-state index in [1.54, 1.807) is 18.5 Å². The second-order valence-electron chi connectivity index (χ2n) is 3.63. The van der Waals surface area contributed by atoms with Crippen LogP contribution in [0, 0.1) is 0 Å². The molecular weight excluding hydrogens is 204 g/mol. The average molecular weight is 218 g/mol. The van der Waals surface area contributed by atoms with Gasteiger partial charge in [-0.25, -0.2) is 9.97 Å². The second kappa shape index (κ2) is 4.85. The van der Waals surface area contributed by atoms with Gasteiger partial charge in [-0.1, -0.05) is 0 Å². The lowest BCUT2D eigenvalue weighted by Gasteiger charge is -2.09. The van der Waals surface area contributed by atoms with Crippen LogP contribution in [0.1, 0.15) is 23.9 Å². The maximum absolute atomic E-state index is 9.89. The van der Waals surface area contributed by atoms with Crippen LogP contribution in [0.3, 0.4) is 0 Å². The number of aryl methyl sites for hydroxylation is 2. The van der Waals surface area contributed by atoms with Crippen LogP contribution < -0.4 is 0 Å². The molecule has 0 saturated heterocycles. The molecule has 1 atom stereocenters. The number of rotatable bonds is 4. The molecule has 0 aliphatic rings. The van der Waals surface area contributed by atoms with Gasteiger partial charge in [0.1, 0.15) is 6.33 Å². The van der Waals surface area contributed by atoms with Crippen molar-refractivity contribution in [2.24, 2.45) is 7.05 Å². The molecule has 2 heterocycles. The molecule has 84 valence electrons. The Labute approximate surface area is 93.8 Å². The van der Waals surface area contributed by atoms with Gasteiger partial charge in [0.25, 0.3) is 0 Å². The largest absolute Gasteiger partial charge is 0.387 e. The third-order valence-corrected chi connectivity index (χ3v) is 2.54. The van der Waals surface area contributed by atoms with Gasteiger partial charge in [-0.2, -0.15) is 5.10 Å². The van der Waals surface area contributed by atoms with E-state index in [4.69, 9.17) is 0 Å². The maximum Gasteiger partial charge on any atom is 0.115 e. The van der Waals surface area contributed by atoms with E-state index in [9.17, 15) is 5.11 Å². The van der Waals surface area contributed by atoms with E-state index in [-0.39, 0.29) is 0 Å². The van der Waals surface area contributed by atoms with Crippen LogP contribution in [-0.2, 0) is 13.5 Å². The molecule has 0 radical (unpaired) electrons. The maximum atomic E-state index is 9.89. The van der Waals surface area contributed by atoms with E-state index in [1.165, 1.54) is 6.33 Å². The Morgan fingerprint density at radius 1 is 1.38 bits per heavy atom. The van der Waals surface area contributed by atoms with Gasteiger partial charge in [0.15, 0.2) is 0 Å². The fourth-order valence-corrected chi connectivity index (χ4v) is 1.58. The molecule has 0 aliphatic carbocycles. The summed E-state index contributed by atoms with van der Waals surface area (Å²) in [7, 11) is 1.90. The molecule has 0 amide bonds. The lowest BCUT2D eigenvalue weighted by molar-refractivity contribution is 0.162. The first kappa shape index (κ1) is 10.8. The summed E-state index contributed by atoms with van der Waals surface area (Å²) in [5.41, 5.74) is 1.77. The van der Waals surface area contributed by atoms with Crippen LogP contribution in [0.4, 0.5) is 0 Å². The minimum absolute atomic E-state index is 0.544. The van der Waals surface area contributed by atoms with Crippen molar-refractivity contribution in [3.8, 4) is 0 Å². The van der Waals surface area contributed by atoms with Crippen LogP contribution in [0.25, 0.3) is 0 Å². The van der Waals surface area contributed by atoms with Gasteiger partial charge < -0.3 is 5.11 Å². The summed E-state index contributed by atoms with van der Waals surface area (Å²) in [4.78, 5) is 7.83. The average Bonchev–Trinajstić information content (AvgIpc) is 2.73. The third kappa shape index (κ3) is 2.43. The molecule has 1 unspecified atom stereocenters. The molecule has 5 nitrogen and oxygen atoms in total.